The molecule has 0 fully saturated rings. The maximum absolute atomic E-state index is 9.91. The highest BCUT2D eigenvalue weighted by Crippen LogP contribution is 2.42. The second-order valence-electron chi connectivity index (χ2n) is 4.11. The zero-order valence-corrected chi connectivity index (χ0v) is 9.71. The number of methoxy groups -OCH3 is 1. The Kier molecular flexibility index (Phi) is 2.89. The normalized spacial score (nSPS) is 24.8. The monoisotopic (exact) mass is 226 g/mol. The van der Waals surface area contributed by atoms with Crippen LogP contribution in [-0.2, 0) is 0 Å². The number of aliphatic hydroxyl groups is 1. The van der Waals surface area contributed by atoms with Crippen LogP contribution in [0.25, 0.3) is 0 Å². The van der Waals surface area contributed by atoms with Gasteiger partial charge in [-0.3, -0.25) is 0 Å². The third-order valence-electron chi connectivity index (χ3n) is 3.10. The van der Waals surface area contributed by atoms with Gasteiger partial charge in [-0.25, -0.2) is 0 Å². The molecule has 2 rings (SSSR count). The summed E-state index contributed by atoms with van der Waals surface area (Å²) in [5, 5.41) is 10.6. The summed E-state index contributed by atoms with van der Waals surface area (Å²) in [6.07, 6.45) is 1.39. The van der Waals surface area contributed by atoms with E-state index in [1.807, 2.05) is 12.1 Å². The maximum atomic E-state index is 9.91. The summed E-state index contributed by atoms with van der Waals surface area (Å²) in [6.45, 7) is 2.14. The molecular weight excluding hydrogens is 212 g/mol. The first-order valence-corrected chi connectivity index (χ1v) is 5.56. The van der Waals surface area contributed by atoms with Crippen molar-refractivity contribution in [3.8, 4) is 5.75 Å². The molecule has 0 saturated carbocycles. The minimum absolute atomic E-state index is 0.399. The number of hydrogen-bond donors (Lipinski definition) is 1. The van der Waals surface area contributed by atoms with Gasteiger partial charge in [0.15, 0.2) is 0 Å². The Bertz CT molecular complexity index is 376. The highest BCUT2D eigenvalue weighted by atomic mass is 35.5. The molecule has 0 aliphatic heterocycles. The van der Waals surface area contributed by atoms with Crippen molar-refractivity contribution in [3.05, 3.63) is 28.3 Å². The third-order valence-corrected chi connectivity index (χ3v) is 3.41. The van der Waals surface area contributed by atoms with Crippen LogP contribution in [0.2, 0.25) is 5.02 Å². The minimum Gasteiger partial charge on any atom is -0.497 e. The van der Waals surface area contributed by atoms with Gasteiger partial charge in [0.1, 0.15) is 5.75 Å². The second-order valence-corrected chi connectivity index (χ2v) is 4.51. The Labute approximate surface area is 94.8 Å². The van der Waals surface area contributed by atoms with Gasteiger partial charge in [0.25, 0.3) is 0 Å². The van der Waals surface area contributed by atoms with Gasteiger partial charge < -0.3 is 9.84 Å². The number of hydrogen-bond acceptors (Lipinski definition) is 2. The summed E-state index contributed by atoms with van der Waals surface area (Å²) in [6, 6.07) is 3.70. The van der Waals surface area contributed by atoms with E-state index >= 15 is 0 Å². The van der Waals surface area contributed by atoms with E-state index in [0.717, 1.165) is 24.0 Å². The van der Waals surface area contributed by atoms with Gasteiger partial charge in [-0.1, -0.05) is 18.5 Å². The van der Waals surface area contributed by atoms with Crippen LogP contribution >= 0.6 is 11.6 Å². The zero-order chi connectivity index (χ0) is 11.0. The van der Waals surface area contributed by atoms with Gasteiger partial charge in [-0.05, 0) is 42.0 Å². The van der Waals surface area contributed by atoms with E-state index in [1.54, 1.807) is 7.11 Å². The van der Waals surface area contributed by atoms with Crippen LogP contribution < -0.4 is 4.74 Å². The molecule has 0 aromatic heterocycles. The summed E-state index contributed by atoms with van der Waals surface area (Å²) in [5.74, 6) is 1.13. The van der Waals surface area contributed by atoms with E-state index in [-0.39, 0.29) is 0 Å². The fourth-order valence-corrected chi connectivity index (χ4v) is 2.64. The van der Waals surface area contributed by atoms with Gasteiger partial charge in [0.2, 0.25) is 0 Å². The lowest BCUT2D eigenvalue weighted by Crippen LogP contribution is -2.13. The Morgan fingerprint density at radius 3 is 2.80 bits per heavy atom. The zero-order valence-electron chi connectivity index (χ0n) is 8.96. The predicted molar refractivity (Wildman–Crippen MR) is 60.6 cm³/mol. The van der Waals surface area contributed by atoms with Crippen LogP contribution in [0.15, 0.2) is 12.1 Å². The molecule has 15 heavy (non-hydrogen) atoms. The van der Waals surface area contributed by atoms with Crippen molar-refractivity contribution >= 4 is 11.6 Å². The van der Waals surface area contributed by atoms with E-state index < -0.39 is 6.10 Å². The average Bonchev–Trinajstić information content (AvgIpc) is 2.23. The van der Waals surface area contributed by atoms with Crippen molar-refractivity contribution in [1.29, 1.82) is 0 Å². The quantitative estimate of drug-likeness (QED) is 0.797. The first kappa shape index (κ1) is 10.8. The molecule has 82 valence electrons. The lowest BCUT2D eigenvalue weighted by atomic mass is 9.82. The van der Waals surface area contributed by atoms with E-state index in [9.17, 15) is 5.11 Å². The average molecular weight is 227 g/mol. The van der Waals surface area contributed by atoms with Crippen LogP contribution in [0.3, 0.4) is 0 Å². The molecule has 1 N–H and O–H groups in total. The molecule has 0 amide bonds. The second kappa shape index (κ2) is 4.03. The molecule has 1 aliphatic rings. The van der Waals surface area contributed by atoms with Crippen molar-refractivity contribution in [1.82, 2.24) is 0 Å². The molecule has 1 unspecified atom stereocenters. The van der Waals surface area contributed by atoms with Crippen LogP contribution in [0.5, 0.6) is 5.75 Å². The summed E-state index contributed by atoms with van der Waals surface area (Å²) in [7, 11) is 1.61. The topological polar surface area (TPSA) is 29.5 Å². The Balaban J connectivity index is 2.56. The standard InChI is InChI=1S/C12H15ClO2/c1-7-3-4-11(14)9-5-8(15-2)6-10(13)12(7)9/h5-7,11,14H,3-4H2,1-2H3/t7?,11-/m1/s1. The molecule has 0 radical (unpaired) electrons. The van der Waals surface area contributed by atoms with E-state index in [0.29, 0.717) is 16.7 Å². The van der Waals surface area contributed by atoms with Crippen LogP contribution in [0, 0.1) is 0 Å². The number of aliphatic hydroxyl groups excluding tert-OH is 1. The third kappa shape index (κ3) is 1.84. The molecule has 0 spiro atoms. The lowest BCUT2D eigenvalue weighted by molar-refractivity contribution is 0.151. The summed E-state index contributed by atoms with van der Waals surface area (Å²) in [5.41, 5.74) is 2.01. The number of rotatable bonds is 1. The van der Waals surface area contributed by atoms with E-state index in [2.05, 4.69) is 6.92 Å². The largest absolute Gasteiger partial charge is 0.497 e. The fourth-order valence-electron chi connectivity index (χ4n) is 2.23. The highest BCUT2D eigenvalue weighted by molar-refractivity contribution is 6.31. The van der Waals surface area contributed by atoms with Gasteiger partial charge in [0.05, 0.1) is 13.2 Å². The van der Waals surface area contributed by atoms with Crippen molar-refractivity contribution in [2.45, 2.75) is 31.8 Å². The first-order valence-electron chi connectivity index (χ1n) is 5.19. The van der Waals surface area contributed by atoms with Crippen LogP contribution in [-0.4, -0.2) is 12.2 Å². The number of ether oxygens (including phenoxy) is 1. The number of benzene rings is 1. The van der Waals surface area contributed by atoms with Gasteiger partial charge >= 0.3 is 0 Å². The smallest absolute Gasteiger partial charge is 0.120 e. The molecule has 1 aromatic carbocycles. The van der Waals surface area contributed by atoms with E-state index in [1.165, 1.54) is 0 Å². The SMILES string of the molecule is COc1cc(Cl)c2c(c1)[C@H](O)CCC2C. The van der Waals surface area contributed by atoms with Gasteiger partial charge in [-0.2, -0.15) is 0 Å². The summed E-state index contributed by atoms with van der Waals surface area (Å²) < 4.78 is 5.15. The van der Waals surface area contributed by atoms with Crippen molar-refractivity contribution in [2.24, 2.45) is 0 Å². The lowest BCUT2D eigenvalue weighted by Gasteiger charge is -2.28. The highest BCUT2D eigenvalue weighted by Gasteiger charge is 2.26. The molecule has 3 heteroatoms. The molecule has 2 nitrogen and oxygen atoms in total. The molecule has 0 saturated heterocycles. The van der Waals surface area contributed by atoms with Crippen molar-refractivity contribution in [2.75, 3.05) is 7.11 Å². The summed E-state index contributed by atoms with van der Waals surface area (Å²) >= 11 is 6.20. The molecule has 1 aromatic rings. The fraction of sp³-hybridized carbons (Fsp3) is 0.500. The van der Waals surface area contributed by atoms with Crippen LogP contribution in [0.4, 0.5) is 0 Å². The first-order chi connectivity index (χ1) is 7.13. The summed E-state index contributed by atoms with van der Waals surface area (Å²) in [4.78, 5) is 0. The minimum atomic E-state index is -0.399. The molecule has 2 atom stereocenters. The van der Waals surface area contributed by atoms with E-state index in [4.69, 9.17) is 16.3 Å². The predicted octanol–water partition coefficient (Wildman–Crippen LogP) is 3.28. The van der Waals surface area contributed by atoms with Gasteiger partial charge in [-0.15, -0.1) is 0 Å². The van der Waals surface area contributed by atoms with Crippen molar-refractivity contribution in [3.63, 3.8) is 0 Å². The Morgan fingerprint density at radius 2 is 2.13 bits per heavy atom. The maximum Gasteiger partial charge on any atom is 0.120 e. The van der Waals surface area contributed by atoms with Crippen molar-refractivity contribution < 1.29 is 9.84 Å². The van der Waals surface area contributed by atoms with Gasteiger partial charge in [0, 0.05) is 5.02 Å². The molecular formula is C12H15ClO2. The number of halogens is 1. The molecule has 1 aliphatic carbocycles. The van der Waals surface area contributed by atoms with Crippen LogP contribution in [0.1, 0.15) is 42.9 Å². The Hall–Kier alpha value is -0.730. The Morgan fingerprint density at radius 1 is 1.40 bits per heavy atom. The molecule has 0 bridgehead atoms. The number of fused-ring (bicyclic) bond motifs is 1. The molecule has 0 heterocycles.